The number of carbonyl (C=O) groups excluding carboxylic acids is 1. The molecule has 0 saturated carbocycles. The second kappa shape index (κ2) is 14.4. The largest absolute Gasteiger partial charge is 0.748 e. The van der Waals surface area contributed by atoms with E-state index in [1.807, 2.05) is 25.6 Å². The summed E-state index contributed by atoms with van der Waals surface area (Å²) in [4.78, 5) is 11.4. The summed E-state index contributed by atoms with van der Waals surface area (Å²) in [6.45, 7) is 6.14. The first-order valence-electron chi connectivity index (χ1n) is 8.94. The lowest BCUT2D eigenvalue weighted by Crippen LogP contribution is -2.29. The van der Waals surface area contributed by atoms with Crippen molar-refractivity contribution in [3.63, 3.8) is 0 Å². The molecule has 0 radical (unpaired) electrons. The highest BCUT2D eigenvalue weighted by Gasteiger charge is 2.26. The summed E-state index contributed by atoms with van der Waals surface area (Å²) in [6.07, 6.45) is 5.96. The van der Waals surface area contributed by atoms with Gasteiger partial charge in [0.25, 0.3) is 0 Å². The van der Waals surface area contributed by atoms with Crippen LogP contribution in [0.5, 0.6) is 0 Å². The average molecular weight is 399 g/mol. The average Bonchev–Trinajstić information content (AvgIpc) is 2.51. The van der Waals surface area contributed by atoms with Gasteiger partial charge >= 0.3 is 0 Å². The summed E-state index contributed by atoms with van der Waals surface area (Å²) < 4.78 is 30.5. The number of unbranched alkanes of at least 4 members (excludes halogenated alkanes) is 5. The Hall–Kier alpha value is 0.280. The molecular formula is C17H34O4S3. The Kier molecular flexibility index (Phi) is 14.6. The number of rotatable bonds is 10. The molecule has 1 fully saturated rings. The van der Waals surface area contributed by atoms with Crippen LogP contribution in [-0.2, 0) is 25.8 Å². The van der Waals surface area contributed by atoms with Gasteiger partial charge in [0.1, 0.15) is 11.5 Å². The third-order valence-corrected chi connectivity index (χ3v) is 8.32. The van der Waals surface area contributed by atoms with E-state index < -0.39 is 10.1 Å². The third kappa shape index (κ3) is 15.8. The van der Waals surface area contributed by atoms with Crippen LogP contribution in [0.1, 0.15) is 59.3 Å². The molecule has 1 aliphatic heterocycles. The van der Waals surface area contributed by atoms with Crippen molar-refractivity contribution in [1.29, 1.82) is 0 Å². The van der Waals surface area contributed by atoms with E-state index in [2.05, 4.69) is 6.92 Å². The van der Waals surface area contributed by atoms with Crippen LogP contribution in [0.3, 0.4) is 0 Å². The second-order valence-electron chi connectivity index (χ2n) is 6.43. The molecule has 7 heteroatoms. The van der Waals surface area contributed by atoms with Crippen LogP contribution in [0.4, 0.5) is 0 Å². The number of Topliss-reactive ketones (excluding diaryl/α,β-unsaturated/α-hetero) is 1. The minimum atomic E-state index is -3.97. The maximum Gasteiger partial charge on any atom is 0.184 e. The quantitative estimate of drug-likeness (QED) is 0.320. The monoisotopic (exact) mass is 398 g/mol. The molecule has 0 aliphatic carbocycles. The Bertz CT molecular complexity index is 416. The molecular weight excluding hydrogens is 364 g/mol. The summed E-state index contributed by atoms with van der Waals surface area (Å²) in [5.41, 5.74) is 0. The van der Waals surface area contributed by atoms with Gasteiger partial charge in [-0.3, -0.25) is 4.79 Å². The molecule has 0 aromatic rings. The maximum absolute atomic E-state index is 11.4. The molecule has 1 aliphatic rings. The Morgan fingerprint density at radius 3 is 2.12 bits per heavy atom. The molecule has 0 aromatic heterocycles. The van der Waals surface area contributed by atoms with E-state index >= 15 is 0 Å². The van der Waals surface area contributed by atoms with E-state index in [-0.39, 0.29) is 11.7 Å². The van der Waals surface area contributed by atoms with Crippen molar-refractivity contribution in [3.05, 3.63) is 0 Å². The molecule has 144 valence electrons. The van der Waals surface area contributed by atoms with Gasteiger partial charge in [0.05, 0.1) is 10.1 Å². The normalized spacial score (nSPS) is 15.9. The van der Waals surface area contributed by atoms with Gasteiger partial charge in [-0.05, 0) is 17.3 Å². The van der Waals surface area contributed by atoms with E-state index in [0.29, 0.717) is 23.1 Å². The number of ketones is 1. The molecule has 1 saturated heterocycles. The topological polar surface area (TPSA) is 74.3 Å². The summed E-state index contributed by atoms with van der Waals surface area (Å²) in [5.74, 6) is 6.48. The van der Waals surface area contributed by atoms with Crippen LogP contribution < -0.4 is 0 Å². The Labute approximate surface area is 156 Å². The Morgan fingerprint density at radius 2 is 1.62 bits per heavy atom. The molecule has 0 aromatic carbocycles. The van der Waals surface area contributed by atoms with Gasteiger partial charge in [0, 0.05) is 23.2 Å². The third-order valence-electron chi connectivity index (χ3n) is 3.77. The van der Waals surface area contributed by atoms with Gasteiger partial charge in [-0.2, -0.15) is 11.8 Å². The minimum absolute atomic E-state index is 0.195. The SMILES string of the molecule is CC(C)C(=O)C[S+]1CCSCC1.CCCCCCCCS(=O)(=O)[O-]. The van der Waals surface area contributed by atoms with Crippen LogP contribution in [0.2, 0.25) is 0 Å². The lowest BCUT2D eigenvalue weighted by atomic mass is 10.1. The van der Waals surface area contributed by atoms with Crippen molar-refractivity contribution in [2.75, 3.05) is 34.5 Å². The zero-order valence-electron chi connectivity index (χ0n) is 15.4. The lowest BCUT2D eigenvalue weighted by Gasteiger charge is -2.13. The van der Waals surface area contributed by atoms with Crippen LogP contribution in [0.15, 0.2) is 0 Å². The highest BCUT2D eigenvalue weighted by atomic mass is 32.2. The van der Waals surface area contributed by atoms with E-state index in [1.165, 1.54) is 35.9 Å². The predicted molar refractivity (Wildman–Crippen MR) is 107 cm³/mol. The van der Waals surface area contributed by atoms with E-state index in [4.69, 9.17) is 0 Å². The predicted octanol–water partition coefficient (Wildman–Crippen LogP) is 3.47. The van der Waals surface area contributed by atoms with Crippen molar-refractivity contribution < 1.29 is 17.8 Å². The first-order valence-corrected chi connectivity index (χ1v) is 13.4. The minimum Gasteiger partial charge on any atom is -0.748 e. The lowest BCUT2D eigenvalue weighted by molar-refractivity contribution is -0.119. The molecule has 0 bridgehead atoms. The maximum atomic E-state index is 11.4. The van der Waals surface area contributed by atoms with Gasteiger partial charge in [0.15, 0.2) is 11.5 Å². The summed E-state index contributed by atoms with van der Waals surface area (Å²) in [6, 6.07) is 0. The van der Waals surface area contributed by atoms with Crippen LogP contribution in [0.25, 0.3) is 0 Å². The Balaban J connectivity index is 0.000000441. The zero-order chi connectivity index (χ0) is 18.4. The van der Waals surface area contributed by atoms with Crippen molar-refractivity contribution >= 4 is 38.6 Å². The molecule has 1 heterocycles. The number of hydrogen-bond acceptors (Lipinski definition) is 5. The summed E-state index contributed by atoms with van der Waals surface area (Å²) in [7, 11) is -3.53. The highest BCUT2D eigenvalue weighted by Crippen LogP contribution is 2.14. The molecule has 24 heavy (non-hydrogen) atoms. The standard InChI is InChI=1S/C9H17OS2.C8H18O3S/c1-8(2)9(10)7-12-5-3-11-4-6-12;1-2-3-4-5-6-7-8-12(9,10)11/h8H,3-7H2,1-2H3;2-8H2,1H3,(H,9,10,11)/q+1;/p-1. The fourth-order valence-corrected chi connectivity index (χ4v) is 6.95. The summed E-state index contributed by atoms with van der Waals surface area (Å²) >= 11 is 2.03. The van der Waals surface area contributed by atoms with Crippen LogP contribution >= 0.6 is 11.8 Å². The Morgan fingerprint density at radius 1 is 1.08 bits per heavy atom. The summed E-state index contributed by atoms with van der Waals surface area (Å²) in [5, 5.41) is 0. The zero-order valence-corrected chi connectivity index (χ0v) is 17.9. The molecule has 1 rings (SSSR count). The van der Waals surface area contributed by atoms with Gasteiger partial charge < -0.3 is 4.55 Å². The smallest absolute Gasteiger partial charge is 0.184 e. The van der Waals surface area contributed by atoms with Crippen LogP contribution in [0, 0.1) is 5.92 Å². The van der Waals surface area contributed by atoms with E-state index in [0.717, 1.165) is 25.0 Å². The van der Waals surface area contributed by atoms with Crippen molar-refractivity contribution in [2.45, 2.75) is 59.3 Å². The van der Waals surface area contributed by atoms with Gasteiger partial charge in [-0.15, -0.1) is 0 Å². The first-order chi connectivity index (χ1) is 11.3. The van der Waals surface area contributed by atoms with Gasteiger partial charge in [-0.1, -0.05) is 52.9 Å². The van der Waals surface area contributed by atoms with E-state index in [9.17, 15) is 17.8 Å². The van der Waals surface area contributed by atoms with E-state index in [1.54, 1.807) is 0 Å². The fourth-order valence-electron chi connectivity index (χ4n) is 2.13. The van der Waals surface area contributed by atoms with Gasteiger partial charge in [-0.25, -0.2) is 8.42 Å². The first kappa shape index (κ1) is 24.3. The molecule has 0 spiro atoms. The molecule has 0 atom stereocenters. The van der Waals surface area contributed by atoms with Crippen molar-refractivity contribution in [3.8, 4) is 0 Å². The van der Waals surface area contributed by atoms with Crippen molar-refractivity contribution in [2.24, 2.45) is 5.92 Å². The van der Waals surface area contributed by atoms with Crippen LogP contribution in [-0.4, -0.2) is 53.3 Å². The molecule has 0 N–H and O–H groups in total. The molecule has 0 unspecified atom stereocenters. The fraction of sp³-hybridized carbons (Fsp3) is 0.941. The number of thioether (sulfide) groups is 1. The number of carbonyl (C=O) groups is 1. The second-order valence-corrected chi connectivity index (χ2v) is 11.5. The molecule has 0 amide bonds. The highest BCUT2D eigenvalue weighted by molar-refractivity contribution is 8.05. The molecule has 4 nitrogen and oxygen atoms in total. The van der Waals surface area contributed by atoms with Crippen molar-refractivity contribution in [1.82, 2.24) is 0 Å². The van der Waals surface area contributed by atoms with Gasteiger partial charge in [0.2, 0.25) is 0 Å². The number of hydrogen-bond donors (Lipinski definition) is 0.